The molecule has 0 aliphatic rings. The van der Waals surface area contributed by atoms with E-state index in [2.05, 4.69) is 23.0 Å². The van der Waals surface area contributed by atoms with Crippen molar-refractivity contribution in [3.05, 3.63) is 102 Å². The van der Waals surface area contributed by atoms with Gasteiger partial charge in [-0.2, -0.15) is 5.10 Å². The molecule has 1 unspecified atom stereocenters. The van der Waals surface area contributed by atoms with Gasteiger partial charge in [-0.05, 0) is 24.6 Å². The number of nitrogens with zero attached hydrogens (tertiary/aromatic N) is 3. The molecule has 0 saturated heterocycles. The van der Waals surface area contributed by atoms with Crippen molar-refractivity contribution in [1.29, 1.82) is 0 Å². The van der Waals surface area contributed by atoms with Gasteiger partial charge in [0.15, 0.2) is 0 Å². The number of hydrogen-bond donors (Lipinski definition) is 1. The zero-order valence-electron chi connectivity index (χ0n) is 21.4. The molecule has 3 aromatic carbocycles. The quantitative estimate of drug-likeness (QED) is 0.216. The van der Waals surface area contributed by atoms with Crippen LogP contribution in [0.4, 0.5) is 0 Å². The van der Waals surface area contributed by atoms with Crippen LogP contribution in [-0.4, -0.2) is 45.6 Å². The van der Waals surface area contributed by atoms with Gasteiger partial charge in [-0.15, -0.1) is 6.42 Å². The van der Waals surface area contributed by atoms with Crippen molar-refractivity contribution in [1.82, 2.24) is 14.7 Å². The fourth-order valence-corrected chi connectivity index (χ4v) is 4.22. The molecule has 0 aliphatic carbocycles. The molecular weight excluding hydrogens is 462 g/mol. The number of terminal acetylenes is 1. The molecule has 4 rings (SSSR count). The number of benzene rings is 3. The zero-order chi connectivity index (χ0) is 26.0. The van der Waals surface area contributed by atoms with Gasteiger partial charge in [-0.25, -0.2) is 4.68 Å². The summed E-state index contributed by atoms with van der Waals surface area (Å²) in [5.74, 6) is 3.85. The lowest BCUT2D eigenvalue weighted by molar-refractivity contribution is 0.0242. The van der Waals surface area contributed by atoms with Crippen LogP contribution in [0.15, 0.2) is 84.9 Å². The summed E-state index contributed by atoms with van der Waals surface area (Å²) in [5.41, 5.74) is 5.11. The maximum Gasteiger partial charge on any atom is 0.222 e. The normalized spacial score (nSPS) is 11.9. The van der Waals surface area contributed by atoms with Crippen molar-refractivity contribution in [3.8, 4) is 35.2 Å². The SMILES string of the molecule is C#CCOCC(O)CN(Cc1ccccc1)Cc1c(-c2ccccc2)nn(C)c1Oc1ccc(C)cc1. The van der Waals surface area contributed by atoms with E-state index in [0.29, 0.717) is 25.5 Å². The highest BCUT2D eigenvalue weighted by Gasteiger charge is 2.23. The van der Waals surface area contributed by atoms with Gasteiger partial charge in [0.1, 0.15) is 18.1 Å². The number of aromatic nitrogens is 2. The molecule has 0 bridgehead atoms. The van der Waals surface area contributed by atoms with Crippen LogP contribution in [0.3, 0.4) is 0 Å². The molecule has 0 spiro atoms. The van der Waals surface area contributed by atoms with Gasteiger partial charge in [0.2, 0.25) is 5.88 Å². The van der Waals surface area contributed by atoms with E-state index in [1.165, 1.54) is 0 Å². The third kappa shape index (κ3) is 7.31. The van der Waals surface area contributed by atoms with Crippen LogP contribution in [0, 0.1) is 19.3 Å². The minimum Gasteiger partial charge on any atom is -0.439 e. The standard InChI is InChI=1S/C31H33N3O3/c1-4-19-36-23-27(35)21-34(20-25-11-7-5-8-12-25)22-29-30(26-13-9-6-10-14-26)32-33(3)31(29)37-28-17-15-24(2)16-18-28/h1,5-18,27,35H,19-23H2,2-3H3. The Hall–Kier alpha value is -3.89. The molecule has 0 amide bonds. The molecule has 4 aromatic rings. The Labute approximate surface area is 219 Å². The van der Waals surface area contributed by atoms with Gasteiger partial charge < -0.3 is 14.6 Å². The Morgan fingerprint density at radius 1 is 0.973 bits per heavy atom. The van der Waals surface area contributed by atoms with Crippen molar-refractivity contribution >= 4 is 0 Å². The van der Waals surface area contributed by atoms with Crippen molar-refractivity contribution in [2.24, 2.45) is 7.05 Å². The van der Waals surface area contributed by atoms with Crippen LogP contribution >= 0.6 is 0 Å². The molecule has 1 aromatic heterocycles. The summed E-state index contributed by atoms with van der Waals surface area (Å²) in [4.78, 5) is 2.19. The number of rotatable bonds is 12. The summed E-state index contributed by atoms with van der Waals surface area (Å²) in [6.45, 7) is 3.94. The minimum absolute atomic E-state index is 0.167. The molecule has 0 fully saturated rings. The molecule has 0 saturated carbocycles. The van der Waals surface area contributed by atoms with Crippen LogP contribution < -0.4 is 4.74 Å². The Bertz CT molecular complexity index is 1300. The maximum absolute atomic E-state index is 10.7. The molecule has 37 heavy (non-hydrogen) atoms. The minimum atomic E-state index is -0.699. The fraction of sp³-hybridized carbons (Fsp3) is 0.258. The van der Waals surface area contributed by atoms with Crippen molar-refractivity contribution in [3.63, 3.8) is 0 Å². The first-order valence-corrected chi connectivity index (χ1v) is 12.3. The number of aliphatic hydroxyl groups excluding tert-OH is 1. The average molecular weight is 496 g/mol. The summed E-state index contributed by atoms with van der Waals surface area (Å²) < 4.78 is 13.6. The van der Waals surface area contributed by atoms with Gasteiger partial charge in [-0.1, -0.05) is 84.3 Å². The Kier molecular flexibility index (Phi) is 9.12. The second-order valence-electron chi connectivity index (χ2n) is 9.07. The molecule has 1 atom stereocenters. The Morgan fingerprint density at radius 3 is 2.32 bits per heavy atom. The number of ether oxygens (including phenoxy) is 2. The molecule has 0 aliphatic heterocycles. The van der Waals surface area contributed by atoms with Crippen LogP contribution in [0.5, 0.6) is 11.6 Å². The van der Waals surface area contributed by atoms with E-state index in [-0.39, 0.29) is 13.2 Å². The summed E-state index contributed by atoms with van der Waals surface area (Å²) >= 11 is 0. The predicted molar refractivity (Wildman–Crippen MR) is 146 cm³/mol. The van der Waals surface area contributed by atoms with Crippen LogP contribution in [0.2, 0.25) is 0 Å². The first-order valence-electron chi connectivity index (χ1n) is 12.3. The van der Waals surface area contributed by atoms with E-state index < -0.39 is 6.10 Å². The fourth-order valence-electron chi connectivity index (χ4n) is 4.22. The van der Waals surface area contributed by atoms with E-state index in [0.717, 1.165) is 33.7 Å². The van der Waals surface area contributed by atoms with E-state index in [4.69, 9.17) is 21.0 Å². The lowest BCUT2D eigenvalue weighted by Gasteiger charge is -2.25. The third-order valence-electron chi connectivity index (χ3n) is 5.97. The van der Waals surface area contributed by atoms with Gasteiger partial charge in [-0.3, -0.25) is 4.90 Å². The smallest absolute Gasteiger partial charge is 0.222 e. The van der Waals surface area contributed by atoms with E-state index in [9.17, 15) is 5.11 Å². The van der Waals surface area contributed by atoms with Crippen LogP contribution in [-0.2, 0) is 24.9 Å². The highest BCUT2D eigenvalue weighted by molar-refractivity contribution is 5.65. The predicted octanol–water partition coefficient (Wildman–Crippen LogP) is 5.20. The molecule has 1 N–H and O–H groups in total. The largest absolute Gasteiger partial charge is 0.439 e. The highest BCUT2D eigenvalue weighted by atomic mass is 16.5. The number of aliphatic hydroxyl groups is 1. The molecule has 6 nitrogen and oxygen atoms in total. The zero-order valence-corrected chi connectivity index (χ0v) is 21.4. The molecular formula is C31H33N3O3. The lowest BCUT2D eigenvalue weighted by Crippen LogP contribution is -2.34. The second-order valence-corrected chi connectivity index (χ2v) is 9.07. The van der Waals surface area contributed by atoms with E-state index >= 15 is 0 Å². The maximum atomic E-state index is 10.7. The monoisotopic (exact) mass is 495 g/mol. The van der Waals surface area contributed by atoms with Crippen molar-refractivity contribution in [2.45, 2.75) is 26.1 Å². The Balaban J connectivity index is 1.69. The van der Waals surface area contributed by atoms with E-state index in [1.807, 2.05) is 86.8 Å². The van der Waals surface area contributed by atoms with Gasteiger partial charge in [0.25, 0.3) is 0 Å². The average Bonchev–Trinajstić information content (AvgIpc) is 3.21. The van der Waals surface area contributed by atoms with Gasteiger partial charge >= 0.3 is 0 Å². The lowest BCUT2D eigenvalue weighted by atomic mass is 10.1. The summed E-state index contributed by atoms with van der Waals surface area (Å²) in [6, 6.07) is 28.3. The third-order valence-corrected chi connectivity index (χ3v) is 5.97. The summed E-state index contributed by atoms with van der Waals surface area (Å²) in [7, 11) is 1.89. The molecule has 0 radical (unpaired) electrons. The van der Waals surface area contributed by atoms with Crippen LogP contribution in [0.25, 0.3) is 11.3 Å². The first-order chi connectivity index (χ1) is 18.0. The van der Waals surface area contributed by atoms with Crippen molar-refractivity contribution < 1.29 is 14.6 Å². The summed E-state index contributed by atoms with van der Waals surface area (Å²) in [5, 5.41) is 15.6. The van der Waals surface area contributed by atoms with Gasteiger partial charge in [0.05, 0.1) is 18.3 Å². The number of hydrogen-bond acceptors (Lipinski definition) is 5. The molecule has 6 heteroatoms. The van der Waals surface area contributed by atoms with Crippen molar-refractivity contribution in [2.75, 3.05) is 19.8 Å². The van der Waals surface area contributed by atoms with Gasteiger partial charge in [0, 0.05) is 32.2 Å². The topological polar surface area (TPSA) is 59.8 Å². The number of aryl methyl sites for hydroxylation is 2. The molecule has 1 heterocycles. The first kappa shape index (κ1) is 26.2. The Morgan fingerprint density at radius 2 is 1.65 bits per heavy atom. The second kappa shape index (κ2) is 12.9. The van der Waals surface area contributed by atoms with E-state index in [1.54, 1.807) is 4.68 Å². The molecule has 190 valence electrons. The van der Waals surface area contributed by atoms with Crippen LogP contribution in [0.1, 0.15) is 16.7 Å². The highest BCUT2D eigenvalue weighted by Crippen LogP contribution is 2.34. The summed E-state index contributed by atoms with van der Waals surface area (Å²) in [6.07, 6.45) is 4.59.